The van der Waals surface area contributed by atoms with Crippen molar-refractivity contribution in [2.24, 2.45) is 7.05 Å². The largest absolute Gasteiger partial charge is 0.338 e. The van der Waals surface area contributed by atoms with Crippen molar-refractivity contribution < 1.29 is 8.78 Å². The van der Waals surface area contributed by atoms with Crippen LogP contribution in [0.15, 0.2) is 30.6 Å². The van der Waals surface area contributed by atoms with Crippen LogP contribution in [0.25, 0.3) is 0 Å². The van der Waals surface area contributed by atoms with Crippen LogP contribution in [0.2, 0.25) is 0 Å². The maximum Gasteiger partial charge on any atom is 0.126 e. The van der Waals surface area contributed by atoms with E-state index in [9.17, 15) is 8.78 Å². The fourth-order valence-corrected chi connectivity index (χ4v) is 2.10. The van der Waals surface area contributed by atoms with Gasteiger partial charge in [0.2, 0.25) is 0 Å². The number of benzene rings is 1. The molecule has 0 saturated heterocycles. The molecule has 0 aliphatic rings. The molecule has 1 N–H and O–H groups in total. The lowest BCUT2D eigenvalue weighted by Gasteiger charge is -2.16. The minimum atomic E-state index is -0.540. The van der Waals surface area contributed by atoms with Crippen LogP contribution in [0.1, 0.15) is 11.4 Å². The van der Waals surface area contributed by atoms with Crippen LogP contribution in [-0.4, -0.2) is 22.6 Å². The molecule has 0 spiro atoms. The molecule has 0 amide bonds. The van der Waals surface area contributed by atoms with Gasteiger partial charge in [-0.3, -0.25) is 0 Å². The van der Waals surface area contributed by atoms with Gasteiger partial charge in [0, 0.05) is 38.0 Å². The molecule has 0 bridgehead atoms. The van der Waals surface area contributed by atoms with Crippen molar-refractivity contribution in [3.63, 3.8) is 0 Å². The summed E-state index contributed by atoms with van der Waals surface area (Å²) in [5.74, 6) is -0.139. The standard InChI is InChI=1S/C14H17F2N3/c1-17-13(9-14-18-3-4-19(14)2)7-10-5-11(15)8-12(16)6-10/h3-6,8,13,17H,7,9H2,1-2H3. The second-order valence-electron chi connectivity index (χ2n) is 4.63. The Balaban J connectivity index is 2.08. The number of halogens is 2. The van der Waals surface area contributed by atoms with E-state index >= 15 is 0 Å². The van der Waals surface area contributed by atoms with E-state index in [2.05, 4.69) is 10.3 Å². The second kappa shape index (κ2) is 5.93. The number of hydrogen-bond acceptors (Lipinski definition) is 2. The molecule has 1 atom stereocenters. The first-order valence-electron chi connectivity index (χ1n) is 6.17. The van der Waals surface area contributed by atoms with Gasteiger partial charge >= 0.3 is 0 Å². The Morgan fingerprint density at radius 1 is 1.21 bits per heavy atom. The lowest BCUT2D eigenvalue weighted by Crippen LogP contribution is -2.31. The van der Waals surface area contributed by atoms with Crippen molar-refractivity contribution in [2.45, 2.75) is 18.9 Å². The molecule has 102 valence electrons. The number of hydrogen-bond donors (Lipinski definition) is 1. The van der Waals surface area contributed by atoms with Crippen molar-refractivity contribution in [3.05, 3.63) is 53.6 Å². The van der Waals surface area contributed by atoms with Gasteiger partial charge in [0.25, 0.3) is 0 Å². The van der Waals surface area contributed by atoms with Crippen molar-refractivity contribution >= 4 is 0 Å². The molecule has 0 fully saturated rings. The molecular formula is C14H17F2N3. The summed E-state index contributed by atoms with van der Waals surface area (Å²) >= 11 is 0. The summed E-state index contributed by atoms with van der Waals surface area (Å²) in [6.07, 6.45) is 4.88. The smallest absolute Gasteiger partial charge is 0.126 e. The lowest BCUT2D eigenvalue weighted by molar-refractivity contribution is 0.526. The van der Waals surface area contributed by atoms with Gasteiger partial charge in [-0.2, -0.15) is 0 Å². The number of nitrogens with zero attached hydrogens (tertiary/aromatic N) is 2. The van der Waals surface area contributed by atoms with E-state index in [4.69, 9.17) is 0 Å². The topological polar surface area (TPSA) is 29.9 Å². The lowest BCUT2D eigenvalue weighted by atomic mass is 10.0. The molecule has 3 nitrogen and oxygen atoms in total. The predicted octanol–water partition coefficient (Wildman–Crippen LogP) is 2.07. The van der Waals surface area contributed by atoms with Gasteiger partial charge in [0.05, 0.1) is 0 Å². The fourth-order valence-electron chi connectivity index (χ4n) is 2.10. The molecule has 1 aromatic heterocycles. The van der Waals surface area contributed by atoms with Crippen LogP contribution < -0.4 is 5.32 Å². The van der Waals surface area contributed by atoms with E-state index in [-0.39, 0.29) is 6.04 Å². The van der Waals surface area contributed by atoms with Crippen LogP contribution in [0.3, 0.4) is 0 Å². The van der Waals surface area contributed by atoms with Crippen LogP contribution >= 0.6 is 0 Å². The van der Waals surface area contributed by atoms with Crippen molar-refractivity contribution in [3.8, 4) is 0 Å². The quantitative estimate of drug-likeness (QED) is 0.897. The predicted molar refractivity (Wildman–Crippen MR) is 69.8 cm³/mol. The van der Waals surface area contributed by atoms with Crippen LogP contribution in [-0.2, 0) is 19.9 Å². The first-order valence-corrected chi connectivity index (χ1v) is 6.17. The van der Waals surface area contributed by atoms with Crippen molar-refractivity contribution in [1.29, 1.82) is 0 Å². The van der Waals surface area contributed by atoms with E-state index in [0.717, 1.165) is 11.9 Å². The summed E-state index contributed by atoms with van der Waals surface area (Å²) in [4.78, 5) is 4.26. The SMILES string of the molecule is CNC(Cc1cc(F)cc(F)c1)Cc1nccn1C. The number of nitrogens with one attached hydrogen (secondary N) is 1. The zero-order valence-corrected chi connectivity index (χ0v) is 11.0. The van der Waals surface area contributed by atoms with Gasteiger partial charge in [0.1, 0.15) is 17.5 Å². The van der Waals surface area contributed by atoms with E-state index in [1.165, 1.54) is 12.1 Å². The highest BCUT2D eigenvalue weighted by Gasteiger charge is 2.12. The monoisotopic (exact) mass is 265 g/mol. The molecule has 0 saturated carbocycles. The van der Waals surface area contributed by atoms with E-state index in [0.29, 0.717) is 18.4 Å². The highest BCUT2D eigenvalue weighted by Crippen LogP contribution is 2.12. The summed E-state index contributed by atoms with van der Waals surface area (Å²) < 4.78 is 28.2. The average Bonchev–Trinajstić information content (AvgIpc) is 2.73. The highest BCUT2D eigenvalue weighted by molar-refractivity contribution is 5.19. The number of likely N-dealkylation sites (N-methyl/N-ethyl adjacent to an activating group) is 1. The van der Waals surface area contributed by atoms with E-state index < -0.39 is 11.6 Å². The molecule has 1 heterocycles. The Morgan fingerprint density at radius 3 is 2.42 bits per heavy atom. The van der Waals surface area contributed by atoms with Crippen LogP contribution in [0.5, 0.6) is 0 Å². The normalized spacial score (nSPS) is 12.6. The van der Waals surface area contributed by atoms with Crippen LogP contribution in [0, 0.1) is 11.6 Å². The molecule has 19 heavy (non-hydrogen) atoms. The van der Waals surface area contributed by atoms with Crippen molar-refractivity contribution in [2.75, 3.05) is 7.05 Å². The maximum absolute atomic E-state index is 13.1. The fraction of sp³-hybridized carbons (Fsp3) is 0.357. The number of rotatable bonds is 5. The van der Waals surface area contributed by atoms with Crippen molar-refractivity contribution in [1.82, 2.24) is 14.9 Å². The Bertz CT molecular complexity index is 531. The van der Waals surface area contributed by atoms with Gasteiger partial charge in [-0.25, -0.2) is 13.8 Å². The molecule has 5 heteroatoms. The Labute approximate surface area is 111 Å². The van der Waals surface area contributed by atoms with E-state index in [1.54, 1.807) is 6.20 Å². The average molecular weight is 265 g/mol. The first-order chi connectivity index (χ1) is 9.08. The highest BCUT2D eigenvalue weighted by atomic mass is 19.1. The third-order valence-electron chi connectivity index (χ3n) is 3.16. The minimum Gasteiger partial charge on any atom is -0.338 e. The third kappa shape index (κ3) is 3.61. The molecular weight excluding hydrogens is 248 g/mol. The van der Waals surface area contributed by atoms with E-state index in [1.807, 2.05) is 24.9 Å². The summed E-state index contributed by atoms with van der Waals surface area (Å²) in [6, 6.07) is 3.70. The van der Waals surface area contributed by atoms with Gasteiger partial charge in [-0.1, -0.05) is 0 Å². The molecule has 2 rings (SSSR count). The second-order valence-corrected chi connectivity index (χ2v) is 4.63. The van der Waals surface area contributed by atoms with Gasteiger partial charge < -0.3 is 9.88 Å². The number of aromatic nitrogens is 2. The van der Waals surface area contributed by atoms with Crippen LogP contribution in [0.4, 0.5) is 8.78 Å². The minimum absolute atomic E-state index is 0.0855. The number of aryl methyl sites for hydroxylation is 1. The molecule has 1 unspecified atom stereocenters. The summed E-state index contributed by atoms with van der Waals surface area (Å²) in [6.45, 7) is 0. The van der Waals surface area contributed by atoms with Gasteiger partial charge in [0.15, 0.2) is 0 Å². The molecule has 2 aromatic rings. The zero-order valence-electron chi connectivity index (χ0n) is 11.0. The van der Waals surface area contributed by atoms with Gasteiger partial charge in [-0.05, 0) is 31.2 Å². The molecule has 0 radical (unpaired) electrons. The third-order valence-corrected chi connectivity index (χ3v) is 3.16. The Morgan fingerprint density at radius 2 is 1.89 bits per heavy atom. The van der Waals surface area contributed by atoms with Gasteiger partial charge in [-0.15, -0.1) is 0 Å². The molecule has 0 aliphatic carbocycles. The molecule has 0 aliphatic heterocycles. The first kappa shape index (κ1) is 13.7. The molecule has 1 aromatic carbocycles. The maximum atomic E-state index is 13.1. The zero-order chi connectivity index (χ0) is 13.8. The Kier molecular flexibility index (Phi) is 4.27. The summed E-state index contributed by atoms with van der Waals surface area (Å²) in [5, 5.41) is 3.16. The Hall–Kier alpha value is -1.75. The summed E-state index contributed by atoms with van der Waals surface area (Å²) in [7, 11) is 3.76. The summed E-state index contributed by atoms with van der Waals surface area (Å²) in [5.41, 5.74) is 0.644. The number of imidazole rings is 1.